The van der Waals surface area contributed by atoms with Gasteiger partial charge >= 0.3 is 0 Å². The zero-order chi connectivity index (χ0) is 30.1. The minimum absolute atomic E-state index is 0.752. The van der Waals surface area contributed by atoms with Crippen LogP contribution in [0.15, 0.2) is 139 Å². The van der Waals surface area contributed by atoms with E-state index in [0.717, 1.165) is 48.4 Å². The highest BCUT2D eigenvalue weighted by Gasteiger charge is 1.95. The Hall–Kier alpha value is -4.08. The van der Waals surface area contributed by atoms with Crippen molar-refractivity contribution in [1.82, 2.24) is 0 Å². The Balaban J connectivity index is 0.000000175. The van der Waals surface area contributed by atoms with Crippen molar-refractivity contribution >= 4 is 70.2 Å². The number of hydrogen-bond donors (Lipinski definition) is 0. The molecule has 6 rings (SSSR count). The van der Waals surface area contributed by atoms with Crippen LogP contribution in [0.2, 0.25) is 0 Å². The minimum atomic E-state index is 0.752. The van der Waals surface area contributed by atoms with Gasteiger partial charge in [0.25, 0.3) is 0 Å². The molecule has 4 aromatic heterocycles. The van der Waals surface area contributed by atoms with E-state index in [4.69, 9.17) is 0 Å². The third-order valence-electron chi connectivity index (χ3n) is 6.14. The molecule has 6 aromatic rings. The van der Waals surface area contributed by atoms with Crippen LogP contribution in [0.25, 0.3) is 0 Å². The maximum absolute atomic E-state index is 4.46. The molecule has 0 unspecified atom stereocenters. The van der Waals surface area contributed by atoms with Gasteiger partial charge in [-0.3, -0.25) is 20.0 Å². The Morgan fingerprint density at radius 1 is 0.341 bits per heavy atom. The molecule has 0 spiro atoms. The van der Waals surface area contributed by atoms with Gasteiger partial charge in [0.05, 0.1) is 26.2 Å². The largest absolute Gasteiger partial charge is 0.287 e. The molecule has 0 fully saturated rings. The lowest BCUT2D eigenvalue weighted by Crippen LogP contribution is -1.86. The Morgan fingerprint density at radius 2 is 0.568 bits per heavy atom. The van der Waals surface area contributed by atoms with E-state index in [0.29, 0.717) is 0 Å². The molecule has 0 aliphatic carbocycles. The maximum atomic E-state index is 4.46. The fraction of sp³-hybridized carbons (Fsp3) is 0.111. The molecule has 4 heterocycles. The molecule has 220 valence electrons. The molecular formula is C36H32N4S4. The molecule has 0 amide bonds. The van der Waals surface area contributed by atoms with Crippen LogP contribution in [0.1, 0.15) is 41.8 Å². The minimum Gasteiger partial charge on any atom is -0.287 e. The van der Waals surface area contributed by atoms with Gasteiger partial charge in [0.1, 0.15) is 0 Å². The van der Waals surface area contributed by atoms with Gasteiger partial charge in [-0.2, -0.15) is 0 Å². The van der Waals surface area contributed by atoms with Crippen molar-refractivity contribution in [3.8, 4) is 0 Å². The van der Waals surface area contributed by atoms with Crippen LogP contribution in [0.3, 0.4) is 0 Å². The summed E-state index contributed by atoms with van der Waals surface area (Å²) in [4.78, 5) is 23.0. The van der Waals surface area contributed by atoms with E-state index in [1.54, 1.807) is 45.3 Å². The molecule has 44 heavy (non-hydrogen) atoms. The van der Waals surface area contributed by atoms with Crippen LogP contribution >= 0.6 is 45.3 Å². The highest BCUT2D eigenvalue weighted by Crippen LogP contribution is 2.12. The molecule has 0 bridgehead atoms. The summed E-state index contributed by atoms with van der Waals surface area (Å²) >= 11 is 6.95. The summed E-state index contributed by atoms with van der Waals surface area (Å²) in [5.41, 5.74) is 4.47. The normalized spacial score (nSPS) is 11.6. The lowest BCUT2D eigenvalue weighted by atomic mass is 10.1. The zero-order valence-electron chi connectivity index (χ0n) is 24.1. The van der Waals surface area contributed by atoms with Crippen molar-refractivity contribution < 1.29 is 0 Å². The molecule has 0 aliphatic rings. The summed E-state index contributed by atoms with van der Waals surface area (Å²) in [6.45, 7) is 3.01. The van der Waals surface area contributed by atoms with Crippen LogP contribution in [0.5, 0.6) is 0 Å². The van der Waals surface area contributed by atoms with Crippen LogP contribution in [0.4, 0.5) is 0 Å². The van der Waals surface area contributed by atoms with E-state index in [-0.39, 0.29) is 0 Å². The third kappa shape index (κ3) is 11.2. The lowest BCUT2D eigenvalue weighted by Gasteiger charge is -1.96. The van der Waals surface area contributed by atoms with Gasteiger partial charge in [-0.05, 0) is 68.0 Å². The molecule has 2 aromatic carbocycles. The Kier molecular flexibility index (Phi) is 12.8. The highest BCUT2D eigenvalue weighted by atomic mass is 32.1. The smallest absolute Gasteiger partial charge is 0.0732 e. The van der Waals surface area contributed by atoms with Crippen molar-refractivity contribution in [3.05, 3.63) is 160 Å². The number of aliphatic imine (C=N–C) groups is 4. The standard InChI is InChI=1S/2C18H16N2S2/c2*1-3-17(21-9-1)13-19-11-15-5-7-16(8-6-15)12-20-14-18-4-2-10-22-18/h2*1-12H,13-14H2. The van der Waals surface area contributed by atoms with E-state index >= 15 is 0 Å². The fourth-order valence-electron chi connectivity index (χ4n) is 3.91. The molecule has 8 heteroatoms. The molecule has 4 nitrogen and oxygen atoms in total. The molecular weight excluding hydrogens is 617 g/mol. The molecule has 0 saturated carbocycles. The molecule has 0 saturated heterocycles. The fourth-order valence-corrected chi connectivity index (χ4v) is 6.46. The summed E-state index contributed by atoms with van der Waals surface area (Å²) in [6, 6.07) is 33.2. The van der Waals surface area contributed by atoms with E-state index in [2.05, 4.69) is 139 Å². The van der Waals surface area contributed by atoms with E-state index in [1.807, 2.05) is 24.9 Å². The van der Waals surface area contributed by atoms with Gasteiger partial charge < -0.3 is 0 Å². The number of rotatable bonds is 12. The van der Waals surface area contributed by atoms with Crippen molar-refractivity contribution in [2.75, 3.05) is 0 Å². The van der Waals surface area contributed by atoms with Gasteiger partial charge in [-0.15, -0.1) is 45.3 Å². The highest BCUT2D eigenvalue weighted by molar-refractivity contribution is 7.10. The van der Waals surface area contributed by atoms with Crippen LogP contribution in [-0.2, 0) is 26.2 Å². The number of benzene rings is 2. The molecule has 0 N–H and O–H groups in total. The second kappa shape index (κ2) is 17.9. The third-order valence-corrected chi connectivity index (χ3v) is 9.59. The summed E-state index contributed by atoms with van der Waals surface area (Å²) in [7, 11) is 0. The quantitative estimate of drug-likeness (QED) is 0.119. The molecule has 0 aliphatic heterocycles. The van der Waals surface area contributed by atoms with Crippen molar-refractivity contribution in [3.63, 3.8) is 0 Å². The van der Waals surface area contributed by atoms with Gasteiger partial charge in [0.2, 0.25) is 0 Å². The van der Waals surface area contributed by atoms with Gasteiger partial charge in [0.15, 0.2) is 0 Å². The first-order valence-corrected chi connectivity index (χ1v) is 17.6. The second-order valence-electron chi connectivity index (χ2n) is 9.53. The van der Waals surface area contributed by atoms with Crippen LogP contribution in [0, 0.1) is 0 Å². The molecule has 0 atom stereocenters. The first-order chi connectivity index (χ1) is 21.8. The lowest BCUT2D eigenvalue weighted by molar-refractivity contribution is 1.11. The number of thiophene rings is 4. The first-order valence-electron chi connectivity index (χ1n) is 14.1. The van der Waals surface area contributed by atoms with E-state index in [1.165, 1.54) is 19.5 Å². The SMILES string of the molecule is C(=NCc1cccs1)c1ccc(C=NCc2cccs2)cc1.C(=NCc1cccs1)c1ccc(C=NCc2cccs2)cc1. The van der Waals surface area contributed by atoms with Crippen LogP contribution in [-0.4, -0.2) is 24.9 Å². The zero-order valence-corrected chi connectivity index (χ0v) is 27.4. The van der Waals surface area contributed by atoms with Gasteiger partial charge in [-0.1, -0.05) is 72.8 Å². The Labute approximate surface area is 275 Å². The Morgan fingerprint density at radius 3 is 0.750 bits per heavy atom. The predicted octanol–water partition coefficient (Wildman–Crippen LogP) is 10.1. The summed E-state index contributed by atoms with van der Waals surface area (Å²) in [5, 5.41) is 8.31. The number of hydrogen-bond acceptors (Lipinski definition) is 8. The average Bonchev–Trinajstić information content (AvgIpc) is 3.89. The number of nitrogens with zero attached hydrogens (tertiary/aromatic N) is 4. The van der Waals surface area contributed by atoms with Gasteiger partial charge in [-0.25, -0.2) is 0 Å². The van der Waals surface area contributed by atoms with Crippen LogP contribution < -0.4 is 0 Å². The monoisotopic (exact) mass is 648 g/mol. The summed E-state index contributed by atoms with van der Waals surface area (Å²) < 4.78 is 0. The van der Waals surface area contributed by atoms with Gasteiger partial charge in [0, 0.05) is 44.4 Å². The predicted molar refractivity (Wildman–Crippen MR) is 195 cm³/mol. The summed E-state index contributed by atoms with van der Waals surface area (Å²) in [5.74, 6) is 0. The van der Waals surface area contributed by atoms with Crippen molar-refractivity contribution in [2.24, 2.45) is 20.0 Å². The second-order valence-corrected chi connectivity index (χ2v) is 13.7. The van der Waals surface area contributed by atoms with Crippen molar-refractivity contribution in [1.29, 1.82) is 0 Å². The van der Waals surface area contributed by atoms with Crippen molar-refractivity contribution in [2.45, 2.75) is 26.2 Å². The molecule has 0 radical (unpaired) electrons. The first kappa shape index (κ1) is 31.3. The topological polar surface area (TPSA) is 49.4 Å². The summed E-state index contributed by atoms with van der Waals surface area (Å²) in [6.07, 6.45) is 7.69. The average molecular weight is 649 g/mol. The van der Waals surface area contributed by atoms with E-state index < -0.39 is 0 Å². The maximum Gasteiger partial charge on any atom is 0.0732 e. The Bertz CT molecular complexity index is 1450. The van der Waals surface area contributed by atoms with E-state index in [9.17, 15) is 0 Å².